The van der Waals surface area contributed by atoms with Crippen LogP contribution in [0.5, 0.6) is 0 Å². The van der Waals surface area contributed by atoms with Gasteiger partial charge in [0.1, 0.15) is 5.78 Å². The summed E-state index contributed by atoms with van der Waals surface area (Å²) in [5.41, 5.74) is 0. The van der Waals surface area contributed by atoms with Crippen molar-refractivity contribution in [1.82, 2.24) is 0 Å². The van der Waals surface area contributed by atoms with Crippen LogP contribution < -0.4 is 0 Å². The lowest BCUT2D eigenvalue weighted by molar-refractivity contribution is -0.133. The van der Waals surface area contributed by atoms with Crippen molar-refractivity contribution in [2.24, 2.45) is 5.92 Å². The molecule has 2 unspecified atom stereocenters. The minimum absolute atomic E-state index is 0.228. The van der Waals surface area contributed by atoms with Gasteiger partial charge in [-0.2, -0.15) is 0 Å². The van der Waals surface area contributed by atoms with Gasteiger partial charge in [-0.3, -0.25) is 4.79 Å². The van der Waals surface area contributed by atoms with Crippen molar-refractivity contribution in [1.29, 1.82) is 0 Å². The Labute approximate surface area is 79.7 Å². The Bertz CT molecular complexity index is 196. The second kappa shape index (κ2) is 3.79. The third kappa shape index (κ3) is 2.11. The molecule has 13 heavy (non-hydrogen) atoms. The molecule has 0 aromatic rings. The van der Waals surface area contributed by atoms with Gasteiger partial charge >= 0.3 is 0 Å². The molecule has 0 saturated heterocycles. The quantitative estimate of drug-likeness (QED) is 0.655. The molecule has 2 aliphatic rings. The lowest BCUT2D eigenvalue weighted by Gasteiger charge is -2.35. The van der Waals surface area contributed by atoms with Crippen molar-refractivity contribution in [2.75, 3.05) is 0 Å². The molecular weight excluding hydrogens is 164 g/mol. The van der Waals surface area contributed by atoms with Gasteiger partial charge in [0.2, 0.25) is 0 Å². The normalized spacial score (nSPS) is 35.9. The molecule has 2 rings (SSSR count). The molecule has 2 aliphatic carbocycles. The highest BCUT2D eigenvalue weighted by atomic mass is 16.5. The second-order valence-electron chi connectivity index (χ2n) is 4.49. The minimum Gasteiger partial charge on any atom is -0.374 e. The predicted octanol–water partition coefficient (Wildman–Crippen LogP) is 2.31. The molecule has 0 spiro atoms. The van der Waals surface area contributed by atoms with Gasteiger partial charge in [0.15, 0.2) is 0 Å². The Balaban J connectivity index is 1.83. The van der Waals surface area contributed by atoms with Crippen molar-refractivity contribution in [3.8, 4) is 0 Å². The summed E-state index contributed by atoms with van der Waals surface area (Å²) in [7, 11) is 0. The van der Waals surface area contributed by atoms with Crippen LogP contribution >= 0.6 is 0 Å². The molecular formula is C11H18O2. The first kappa shape index (κ1) is 9.20. The van der Waals surface area contributed by atoms with E-state index in [-0.39, 0.29) is 6.10 Å². The van der Waals surface area contributed by atoms with E-state index < -0.39 is 0 Å². The standard InChI is InChI=1S/C11H18O2/c1-8-5-6-9(12)7-11(8)13-10-3-2-4-10/h8,10-11H,2-7H2,1H3. The Kier molecular flexibility index (Phi) is 2.68. The van der Waals surface area contributed by atoms with E-state index in [0.717, 1.165) is 12.8 Å². The van der Waals surface area contributed by atoms with Gasteiger partial charge in [-0.1, -0.05) is 6.92 Å². The van der Waals surface area contributed by atoms with Crippen molar-refractivity contribution < 1.29 is 9.53 Å². The SMILES string of the molecule is CC1CCC(=O)CC1OC1CCC1. The zero-order valence-electron chi connectivity index (χ0n) is 8.29. The first-order valence-electron chi connectivity index (χ1n) is 5.43. The summed E-state index contributed by atoms with van der Waals surface area (Å²) in [6.45, 7) is 2.20. The van der Waals surface area contributed by atoms with Gasteiger partial charge in [0, 0.05) is 12.8 Å². The lowest BCUT2D eigenvalue weighted by Crippen LogP contribution is -2.36. The number of Topliss-reactive ketones (excluding diaryl/α,β-unsaturated/α-hetero) is 1. The van der Waals surface area contributed by atoms with Crippen LogP contribution in [0, 0.1) is 5.92 Å². The maximum absolute atomic E-state index is 11.2. The number of carbonyl (C=O) groups is 1. The number of carbonyl (C=O) groups excluding carboxylic acids is 1. The zero-order valence-corrected chi connectivity index (χ0v) is 8.29. The summed E-state index contributed by atoms with van der Waals surface area (Å²) in [6.07, 6.45) is 6.87. The molecule has 0 aliphatic heterocycles. The summed E-state index contributed by atoms with van der Waals surface area (Å²) < 4.78 is 5.89. The maximum Gasteiger partial charge on any atom is 0.135 e. The fourth-order valence-electron chi connectivity index (χ4n) is 2.04. The number of ketones is 1. The van der Waals surface area contributed by atoms with E-state index in [4.69, 9.17) is 4.74 Å². The fraction of sp³-hybridized carbons (Fsp3) is 0.909. The van der Waals surface area contributed by atoms with Crippen LogP contribution in [0.25, 0.3) is 0 Å². The van der Waals surface area contributed by atoms with Crippen LogP contribution in [0.1, 0.15) is 45.4 Å². The number of rotatable bonds is 2. The van der Waals surface area contributed by atoms with Crippen LogP contribution in [-0.2, 0) is 9.53 Å². The van der Waals surface area contributed by atoms with Crippen LogP contribution in [0.4, 0.5) is 0 Å². The van der Waals surface area contributed by atoms with Crippen LogP contribution in [0.3, 0.4) is 0 Å². The third-order valence-electron chi connectivity index (χ3n) is 3.36. The van der Waals surface area contributed by atoms with Gasteiger partial charge < -0.3 is 4.74 Å². The van der Waals surface area contributed by atoms with E-state index in [1.165, 1.54) is 19.3 Å². The molecule has 0 N–H and O–H groups in total. The molecule has 2 atom stereocenters. The molecule has 0 bridgehead atoms. The molecule has 0 aromatic carbocycles. The largest absolute Gasteiger partial charge is 0.374 e. The number of hydrogen-bond donors (Lipinski definition) is 0. The van der Waals surface area contributed by atoms with Crippen LogP contribution in [0.2, 0.25) is 0 Å². The molecule has 0 amide bonds. The summed E-state index contributed by atoms with van der Waals surface area (Å²) in [5.74, 6) is 0.973. The highest BCUT2D eigenvalue weighted by Crippen LogP contribution is 2.30. The highest BCUT2D eigenvalue weighted by Gasteiger charge is 2.30. The number of ether oxygens (including phenoxy) is 1. The van der Waals surface area contributed by atoms with E-state index in [1.807, 2.05) is 0 Å². The zero-order chi connectivity index (χ0) is 9.26. The minimum atomic E-state index is 0.228. The predicted molar refractivity (Wildman–Crippen MR) is 50.5 cm³/mol. The molecule has 2 nitrogen and oxygen atoms in total. The fourth-order valence-corrected chi connectivity index (χ4v) is 2.04. The van der Waals surface area contributed by atoms with Crippen molar-refractivity contribution in [3.05, 3.63) is 0 Å². The average molecular weight is 182 g/mol. The van der Waals surface area contributed by atoms with E-state index in [1.54, 1.807) is 0 Å². The van der Waals surface area contributed by atoms with Crippen LogP contribution in [-0.4, -0.2) is 18.0 Å². The summed E-state index contributed by atoms with van der Waals surface area (Å²) in [5, 5.41) is 0. The monoisotopic (exact) mass is 182 g/mol. The highest BCUT2D eigenvalue weighted by molar-refractivity contribution is 5.79. The molecule has 2 fully saturated rings. The van der Waals surface area contributed by atoms with E-state index >= 15 is 0 Å². The summed E-state index contributed by atoms with van der Waals surface area (Å²) in [6, 6.07) is 0. The van der Waals surface area contributed by atoms with Gasteiger partial charge in [0.05, 0.1) is 12.2 Å². The van der Waals surface area contributed by atoms with Gasteiger partial charge in [-0.25, -0.2) is 0 Å². The molecule has 74 valence electrons. The van der Waals surface area contributed by atoms with Gasteiger partial charge in [0.25, 0.3) is 0 Å². The Morgan fingerprint density at radius 2 is 2.08 bits per heavy atom. The van der Waals surface area contributed by atoms with Crippen molar-refractivity contribution in [2.45, 2.75) is 57.7 Å². The van der Waals surface area contributed by atoms with Gasteiger partial charge in [-0.05, 0) is 31.6 Å². The van der Waals surface area contributed by atoms with E-state index in [2.05, 4.69) is 6.92 Å². The Morgan fingerprint density at radius 3 is 2.69 bits per heavy atom. The lowest BCUT2D eigenvalue weighted by atomic mass is 9.86. The molecule has 2 heteroatoms. The van der Waals surface area contributed by atoms with Crippen LogP contribution in [0.15, 0.2) is 0 Å². The first-order valence-corrected chi connectivity index (χ1v) is 5.43. The number of hydrogen-bond acceptors (Lipinski definition) is 2. The smallest absolute Gasteiger partial charge is 0.135 e. The summed E-state index contributed by atoms with van der Waals surface area (Å²) in [4.78, 5) is 11.2. The molecule has 0 heterocycles. The van der Waals surface area contributed by atoms with Crippen molar-refractivity contribution in [3.63, 3.8) is 0 Å². The Hall–Kier alpha value is -0.370. The van der Waals surface area contributed by atoms with Crippen molar-refractivity contribution >= 4 is 5.78 Å². The molecule has 2 saturated carbocycles. The first-order chi connectivity index (χ1) is 6.25. The van der Waals surface area contributed by atoms with E-state index in [9.17, 15) is 4.79 Å². The van der Waals surface area contributed by atoms with E-state index in [0.29, 0.717) is 24.2 Å². The topological polar surface area (TPSA) is 26.3 Å². The maximum atomic E-state index is 11.2. The average Bonchev–Trinajstić information content (AvgIpc) is 2.03. The molecule has 0 aromatic heterocycles. The van der Waals surface area contributed by atoms with Gasteiger partial charge in [-0.15, -0.1) is 0 Å². The summed E-state index contributed by atoms with van der Waals surface area (Å²) >= 11 is 0. The third-order valence-corrected chi connectivity index (χ3v) is 3.36. The second-order valence-corrected chi connectivity index (χ2v) is 4.49. The molecule has 0 radical (unpaired) electrons. The Morgan fingerprint density at radius 1 is 1.31 bits per heavy atom.